The lowest BCUT2D eigenvalue weighted by Crippen LogP contribution is -2.37. The van der Waals surface area contributed by atoms with Gasteiger partial charge in [0.2, 0.25) is 0 Å². The maximum atomic E-state index is 10.2. The standard InChI is InChI=1S/C14H22N2O2/c1-18-13-7-5-6-11(14(13)17)12(10-15)16-8-3-2-4-9-16/h5-7,12,17H,2-4,8-10,15H2,1H3. The molecule has 0 aromatic heterocycles. The molecule has 0 aliphatic carbocycles. The number of methoxy groups -OCH3 is 1. The number of aromatic hydroxyl groups is 1. The normalized spacial score (nSPS) is 18.6. The Morgan fingerprint density at radius 1 is 1.33 bits per heavy atom. The van der Waals surface area contributed by atoms with E-state index in [9.17, 15) is 5.11 Å². The second kappa shape index (κ2) is 6.07. The first-order valence-corrected chi connectivity index (χ1v) is 6.58. The van der Waals surface area contributed by atoms with Crippen molar-refractivity contribution in [3.8, 4) is 11.5 Å². The highest BCUT2D eigenvalue weighted by molar-refractivity contribution is 5.47. The lowest BCUT2D eigenvalue weighted by Gasteiger charge is -2.34. The van der Waals surface area contributed by atoms with Crippen LogP contribution in [0.1, 0.15) is 30.9 Å². The summed E-state index contributed by atoms with van der Waals surface area (Å²) in [6, 6.07) is 5.69. The van der Waals surface area contributed by atoms with Crippen LogP contribution in [0.15, 0.2) is 18.2 Å². The van der Waals surface area contributed by atoms with E-state index in [1.165, 1.54) is 19.3 Å². The summed E-state index contributed by atoms with van der Waals surface area (Å²) in [7, 11) is 1.57. The monoisotopic (exact) mass is 250 g/mol. The highest BCUT2D eigenvalue weighted by Gasteiger charge is 2.24. The molecule has 0 radical (unpaired) electrons. The van der Waals surface area contributed by atoms with Crippen LogP contribution in [0.5, 0.6) is 11.5 Å². The molecule has 1 aromatic carbocycles. The molecule has 1 saturated heterocycles. The third-order valence-electron chi connectivity index (χ3n) is 3.66. The van der Waals surface area contributed by atoms with Gasteiger partial charge in [-0.25, -0.2) is 0 Å². The number of ether oxygens (including phenoxy) is 1. The van der Waals surface area contributed by atoms with Crippen LogP contribution < -0.4 is 10.5 Å². The fraction of sp³-hybridized carbons (Fsp3) is 0.571. The van der Waals surface area contributed by atoms with Crippen molar-refractivity contribution < 1.29 is 9.84 Å². The van der Waals surface area contributed by atoms with Crippen molar-refractivity contribution in [2.45, 2.75) is 25.3 Å². The number of hydrogen-bond acceptors (Lipinski definition) is 4. The Morgan fingerprint density at radius 2 is 2.06 bits per heavy atom. The molecular weight excluding hydrogens is 228 g/mol. The number of piperidine rings is 1. The summed E-state index contributed by atoms with van der Waals surface area (Å²) in [6.45, 7) is 2.62. The van der Waals surface area contributed by atoms with Crippen LogP contribution in [0.2, 0.25) is 0 Å². The smallest absolute Gasteiger partial charge is 0.162 e. The molecule has 1 heterocycles. The first-order valence-electron chi connectivity index (χ1n) is 6.58. The zero-order valence-corrected chi connectivity index (χ0v) is 10.9. The van der Waals surface area contributed by atoms with Crippen molar-refractivity contribution in [3.05, 3.63) is 23.8 Å². The van der Waals surface area contributed by atoms with E-state index >= 15 is 0 Å². The molecule has 1 fully saturated rings. The van der Waals surface area contributed by atoms with Gasteiger partial charge in [-0.1, -0.05) is 18.6 Å². The molecular formula is C14H22N2O2. The zero-order chi connectivity index (χ0) is 13.0. The highest BCUT2D eigenvalue weighted by atomic mass is 16.5. The number of nitrogens with zero attached hydrogens (tertiary/aromatic N) is 1. The molecule has 4 nitrogen and oxygen atoms in total. The summed E-state index contributed by atoms with van der Waals surface area (Å²) in [4.78, 5) is 2.36. The van der Waals surface area contributed by atoms with Gasteiger partial charge in [0.05, 0.1) is 13.2 Å². The van der Waals surface area contributed by atoms with Crippen molar-refractivity contribution in [1.29, 1.82) is 0 Å². The van der Waals surface area contributed by atoms with E-state index in [-0.39, 0.29) is 11.8 Å². The largest absolute Gasteiger partial charge is 0.504 e. The minimum absolute atomic E-state index is 0.0837. The van der Waals surface area contributed by atoms with Gasteiger partial charge in [0.25, 0.3) is 0 Å². The number of rotatable bonds is 4. The van der Waals surface area contributed by atoms with Gasteiger partial charge in [0.1, 0.15) is 0 Å². The van der Waals surface area contributed by atoms with Crippen LogP contribution in [0.4, 0.5) is 0 Å². The van der Waals surface area contributed by atoms with Crippen molar-refractivity contribution in [2.24, 2.45) is 5.73 Å². The Hall–Kier alpha value is -1.26. The van der Waals surface area contributed by atoms with Gasteiger partial charge in [-0.3, -0.25) is 4.90 Å². The van der Waals surface area contributed by atoms with Crippen LogP contribution in [0.25, 0.3) is 0 Å². The van der Waals surface area contributed by atoms with Crippen molar-refractivity contribution in [2.75, 3.05) is 26.7 Å². The number of benzene rings is 1. The maximum absolute atomic E-state index is 10.2. The molecule has 18 heavy (non-hydrogen) atoms. The Balaban J connectivity index is 2.26. The zero-order valence-electron chi connectivity index (χ0n) is 10.9. The quantitative estimate of drug-likeness (QED) is 0.856. The van der Waals surface area contributed by atoms with Crippen molar-refractivity contribution in [3.63, 3.8) is 0 Å². The molecule has 0 amide bonds. The Labute approximate surface area is 108 Å². The van der Waals surface area contributed by atoms with Crippen LogP contribution in [0.3, 0.4) is 0 Å². The molecule has 3 N–H and O–H groups in total. The average molecular weight is 250 g/mol. The molecule has 2 rings (SSSR count). The molecule has 0 spiro atoms. The van der Waals surface area contributed by atoms with Gasteiger partial charge in [-0.2, -0.15) is 0 Å². The van der Waals surface area contributed by atoms with E-state index in [1.807, 2.05) is 12.1 Å². The van der Waals surface area contributed by atoms with Crippen LogP contribution in [-0.4, -0.2) is 36.8 Å². The number of nitrogens with two attached hydrogens (primary N) is 1. The van der Waals surface area contributed by atoms with Crippen LogP contribution in [-0.2, 0) is 0 Å². The summed E-state index contributed by atoms with van der Waals surface area (Å²) in [6.07, 6.45) is 3.71. The van der Waals surface area contributed by atoms with E-state index in [0.717, 1.165) is 18.7 Å². The first-order chi connectivity index (χ1) is 8.77. The van der Waals surface area contributed by atoms with Crippen LogP contribution >= 0.6 is 0 Å². The topological polar surface area (TPSA) is 58.7 Å². The van der Waals surface area contributed by atoms with Gasteiger partial charge < -0.3 is 15.6 Å². The van der Waals surface area contributed by atoms with Crippen LogP contribution in [0, 0.1) is 0 Å². The van der Waals surface area contributed by atoms with E-state index in [0.29, 0.717) is 12.3 Å². The van der Waals surface area contributed by atoms with E-state index in [4.69, 9.17) is 10.5 Å². The number of phenols is 1. The Morgan fingerprint density at radius 3 is 2.67 bits per heavy atom. The summed E-state index contributed by atoms with van der Waals surface area (Å²) >= 11 is 0. The highest BCUT2D eigenvalue weighted by Crippen LogP contribution is 2.36. The maximum Gasteiger partial charge on any atom is 0.162 e. The van der Waals surface area contributed by atoms with Crippen molar-refractivity contribution in [1.82, 2.24) is 4.90 Å². The molecule has 1 atom stereocenters. The summed E-state index contributed by atoms with van der Waals surface area (Å²) in [5, 5.41) is 10.2. The lowest BCUT2D eigenvalue weighted by molar-refractivity contribution is 0.164. The summed E-state index contributed by atoms with van der Waals surface area (Å²) in [5.41, 5.74) is 6.78. The van der Waals surface area contributed by atoms with E-state index in [2.05, 4.69) is 4.90 Å². The number of likely N-dealkylation sites (tertiary alicyclic amines) is 1. The molecule has 100 valence electrons. The van der Waals surface area contributed by atoms with Gasteiger partial charge >= 0.3 is 0 Å². The third-order valence-corrected chi connectivity index (χ3v) is 3.66. The molecule has 1 unspecified atom stereocenters. The molecule has 1 aromatic rings. The molecule has 1 aliphatic heterocycles. The molecule has 0 saturated carbocycles. The Bertz CT molecular complexity index is 389. The third kappa shape index (κ3) is 2.60. The minimum atomic E-state index is 0.0837. The van der Waals surface area contributed by atoms with E-state index in [1.54, 1.807) is 13.2 Å². The molecule has 0 bridgehead atoms. The lowest BCUT2D eigenvalue weighted by atomic mass is 10.0. The van der Waals surface area contributed by atoms with E-state index < -0.39 is 0 Å². The minimum Gasteiger partial charge on any atom is -0.504 e. The van der Waals surface area contributed by atoms with Gasteiger partial charge in [0.15, 0.2) is 11.5 Å². The van der Waals surface area contributed by atoms with Crippen molar-refractivity contribution >= 4 is 0 Å². The number of hydrogen-bond donors (Lipinski definition) is 2. The number of phenolic OH excluding ortho intramolecular Hbond substituents is 1. The van der Waals surface area contributed by atoms with Gasteiger partial charge in [-0.05, 0) is 32.0 Å². The number of para-hydroxylation sites is 1. The van der Waals surface area contributed by atoms with Gasteiger partial charge in [-0.15, -0.1) is 0 Å². The molecule has 4 heteroatoms. The Kier molecular flexibility index (Phi) is 4.44. The predicted molar refractivity (Wildman–Crippen MR) is 71.9 cm³/mol. The summed E-state index contributed by atoms with van der Waals surface area (Å²) < 4.78 is 5.16. The predicted octanol–water partition coefficient (Wildman–Crippen LogP) is 1.89. The second-order valence-corrected chi connectivity index (χ2v) is 4.75. The average Bonchev–Trinajstić information content (AvgIpc) is 2.43. The fourth-order valence-electron chi connectivity index (χ4n) is 2.68. The fourth-order valence-corrected chi connectivity index (χ4v) is 2.68. The first kappa shape index (κ1) is 13.2. The van der Waals surface area contributed by atoms with Gasteiger partial charge in [0, 0.05) is 12.1 Å². The second-order valence-electron chi connectivity index (χ2n) is 4.75. The molecule has 1 aliphatic rings. The SMILES string of the molecule is COc1cccc(C(CN)N2CCCCC2)c1O. The summed E-state index contributed by atoms with van der Waals surface area (Å²) in [5.74, 6) is 0.740.